The molecule has 3 heteroatoms. The molecule has 3 nitrogen and oxygen atoms in total. The maximum Gasteiger partial charge on any atom is 0.0621 e. The Morgan fingerprint density at radius 3 is 2.52 bits per heavy atom. The van der Waals surface area contributed by atoms with Crippen molar-refractivity contribution in [2.45, 2.75) is 77.4 Å². The maximum absolute atomic E-state index is 10.8. The molecule has 4 N–H and O–H groups in total. The molecule has 3 saturated carbocycles. The number of hydrogen-bond acceptors (Lipinski definition) is 3. The van der Waals surface area contributed by atoms with Gasteiger partial charge >= 0.3 is 0 Å². The van der Waals surface area contributed by atoms with E-state index in [4.69, 9.17) is 5.73 Å². The summed E-state index contributed by atoms with van der Waals surface area (Å²) in [6, 6.07) is 0. The molecule has 0 aromatic rings. The minimum Gasteiger partial charge on any atom is -0.393 e. The Labute approximate surface area is 141 Å². The summed E-state index contributed by atoms with van der Waals surface area (Å²) in [5, 5.41) is 20.7. The summed E-state index contributed by atoms with van der Waals surface area (Å²) in [4.78, 5) is 0. The number of hydrogen-bond donors (Lipinski definition) is 3. The van der Waals surface area contributed by atoms with E-state index in [1.54, 1.807) is 0 Å². The summed E-state index contributed by atoms with van der Waals surface area (Å²) in [6.07, 6.45) is 7.42. The van der Waals surface area contributed by atoms with Crippen molar-refractivity contribution in [3.8, 4) is 0 Å². The van der Waals surface area contributed by atoms with Crippen LogP contribution in [-0.2, 0) is 0 Å². The van der Waals surface area contributed by atoms with Gasteiger partial charge in [0.15, 0.2) is 0 Å². The average molecular weight is 322 g/mol. The monoisotopic (exact) mass is 321 g/mol. The van der Waals surface area contributed by atoms with E-state index in [1.807, 2.05) is 0 Å². The molecular formula is C20H35NO2. The molecule has 0 bridgehead atoms. The van der Waals surface area contributed by atoms with Crippen LogP contribution in [0.15, 0.2) is 12.2 Å². The molecule has 3 fully saturated rings. The molecular weight excluding hydrogens is 286 g/mol. The zero-order valence-corrected chi connectivity index (χ0v) is 14.9. The summed E-state index contributed by atoms with van der Waals surface area (Å²) in [7, 11) is 0. The lowest BCUT2D eigenvalue weighted by molar-refractivity contribution is -0.119. The van der Waals surface area contributed by atoms with Crippen molar-refractivity contribution >= 4 is 0 Å². The number of allylic oxidation sites excluding steroid dienone is 1. The predicted octanol–water partition coefficient (Wildman–Crippen LogP) is 3.25. The number of aliphatic hydroxyl groups is 2. The predicted molar refractivity (Wildman–Crippen MR) is 93.8 cm³/mol. The fourth-order valence-electron chi connectivity index (χ4n) is 6.33. The minimum absolute atomic E-state index is 0.0652. The molecule has 0 radical (unpaired) electrons. The van der Waals surface area contributed by atoms with E-state index in [9.17, 15) is 10.2 Å². The summed E-state index contributed by atoms with van der Waals surface area (Å²) in [5.41, 5.74) is 7.64. The van der Waals surface area contributed by atoms with Crippen molar-refractivity contribution in [1.29, 1.82) is 0 Å². The molecule has 3 aliphatic carbocycles. The number of rotatable bonds is 3. The highest BCUT2D eigenvalue weighted by molar-refractivity contribution is 5.20. The molecule has 132 valence electrons. The van der Waals surface area contributed by atoms with Crippen LogP contribution in [0.25, 0.3) is 0 Å². The minimum atomic E-state index is -0.384. The third-order valence-corrected chi connectivity index (χ3v) is 8.01. The molecule has 3 rings (SSSR count). The summed E-state index contributed by atoms with van der Waals surface area (Å²) in [6.45, 7) is 9.78. The van der Waals surface area contributed by atoms with E-state index in [-0.39, 0.29) is 23.0 Å². The van der Waals surface area contributed by atoms with Gasteiger partial charge in [-0.2, -0.15) is 0 Å². The highest BCUT2D eigenvalue weighted by Gasteiger charge is 2.56. The zero-order chi connectivity index (χ0) is 16.8. The molecule has 0 saturated heterocycles. The highest BCUT2D eigenvalue weighted by atomic mass is 16.3. The summed E-state index contributed by atoms with van der Waals surface area (Å²) in [5.74, 6) is 1.79. The van der Waals surface area contributed by atoms with Crippen molar-refractivity contribution in [2.75, 3.05) is 6.54 Å². The number of fused-ring (bicyclic) bond motifs is 1. The Bertz CT molecular complexity index is 465. The quantitative estimate of drug-likeness (QED) is 0.699. The lowest BCUT2D eigenvalue weighted by atomic mass is 9.50. The van der Waals surface area contributed by atoms with Crippen LogP contribution in [0.3, 0.4) is 0 Å². The number of nitrogens with two attached hydrogens (primary N) is 1. The second-order valence-electron chi connectivity index (χ2n) is 9.00. The van der Waals surface area contributed by atoms with Crippen LogP contribution in [0, 0.1) is 28.6 Å². The van der Waals surface area contributed by atoms with Crippen molar-refractivity contribution in [3.05, 3.63) is 12.2 Å². The first-order valence-corrected chi connectivity index (χ1v) is 9.57. The molecule has 0 spiro atoms. The van der Waals surface area contributed by atoms with E-state index in [0.717, 1.165) is 32.2 Å². The molecule has 0 aromatic heterocycles. The first-order valence-electron chi connectivity index (χ1n) is 9.57. The van der Waals surface area contributed by atoms with Crippen molar-refractivity contribution in [1.82, 2.24) is 0 Å². The smallest absolute Gasteiger partial charge is 0.0621 e. The van der Waals surface area contributed by atoms with Crippen LogP contribution in [0.4, 0.5) is 0 Å². The van der Waals surface area contributed by atoms with Crippen LogP contribution in [-0.4, -0.2) is 29.0 Å². The van der Waals surface area contributed by atoms with Gasteiger partial charge in [-0.15, -0.1) is 0 Å². The zero-order valence-electron chi connectivity index (χ0n) is 14.9. The van der Waals surface area contributed by atoms with Crippen LogP contribution >= 0.6 is 0 Å². The lowest BCUT2D eigenvalue weighted by Gasteiger charge is -2.55. The van der Waals surface area contributed by atoms with Gasteiger partial charge < -0.3 is 15.9 Å². The number of aliphatic hydroxyl groups excluding tert-OH is 2. The van der Waals surface area contributed by atoms with E-state index in [0.29, 0.717) is 24.2 Å². The van der Waals surface area contributed by atoms with Crippen molar-refractivity contribution < 1.29 is 10.2 Å². The Kier molecular flexibility index (Phi) is 4.67. The maximum atomic E-state index is 10.8. The molecule has 0 unspecified atom stereocenters. The Hall–Kier alpha value is -0.380. The van der Waals surface area contributed by atoms with Gasteiger partial charge in [0.1, 0.15) is 0 Å². The Morgan fingerprint density at radius 2 is 1.87 bits per heavy atom. The third kappa shape index (κ3) is 2.69. The third-order valence-electron chi connectivity index (χ3n) is 8.01. The van der Waals surface area contributed by atoms with Gasteiger partial charge in [0.05, 0.1) is 12.2 Å². The second kappa shape index (κ2) is 6.16. The molecule has 0 aromatic carbocycles. The van der Waals surface area contributed by atoms with Crippen molar-refractivity contribution in [2.24, 2.45) is 34.3 Å². The van der Waals surface area contributed by atoms with E-state index < -0.39 is 0 Å². The van der Waals surface area contributed by atoms with E-state index in [2.05, 4.69) is 20.4 Å². The van der Waals surface area contributed by atoms with Crippen LogP contribution < -0.4 is 5.73 Å². The lowest BCUT2D eigenvalue weighted by Crippen LogP contribution is -2.52. The van der Waals surface area contributed by atoms with Crippen LogP contribution in [0.1, 0.15) is 65.2 Å². The average Bonchev–Trinajstić information content (AvgIpc) is 2.80. The van der Waals surface area contributed by atoms with Gasteiger partial charge in [-0.25, -0.2) is 0 Å². The van der Waals surface area contributed by atoms with Gasteiger partial charge in [0.25, 0.3) is 0 Å². The van der Waals surface area contributed by atoms with Gasteiger partial charge in [0.2, 0.25) is 0 Å². The Balaban J connectivity index is 1.88. The molecule has 0 aliphatic heterocycles. The first-order chi connectivity index (χ1) is 10.8. The normalized spacial score (nSPS) is 50.8. The molecule has 0 heterocycles. The van der Waals surface area contributed by atoms with Gasteiger partial charge in [-0.1, -0.05) is 26.0 Å². The fourth-order valence-corrected chi connectivity index (χ4v) is 6.33. The van der Waals surface area contributed by atoms with E-state index >= 15 is 0 Å². The first kappa shape index (κ1) is 17.4. The van der Waals surface area contributed by atoms with Gasteiger partial charge in [0, 0.05) is 0 Å². The van der Waals surface area contributed by atoms with Crippen LogP contribution in [0.5, 0.6) is 0 Å². The highest BCUT2D eigenvalue weighted by Crippen LogP contribution is 2.63. The Morgan fingerprint density at radius 1 is 1.13 bits per heavy atom. The van der Waals surface area contributed by atoms with Gasteiger partial charge in [-0.05, 0) is 86.5 Å². The van der Waals surface area contributed by atoms with E-state index in [1.165, 1.54) is 24.8 Å². The molecule has 0 amide bonds. The SMILES string of the molecule is C=C1CC[C@H]2[C@H](CCN)[C@@H]([C@@]3(C)CC[C@H](O)C[C@@H]3O)CC[C@]12C. The van der Waals surface area contributed by atoms with Gasteiger partial charge in [-0.3, -0.25) is 0 Å². The second-order valence-corrected chi connectivity index (χ2v) is 9.00. The summed E-state index contributed by atoms with van der Waals surface area (Å²) < 4.78 is 0. The molecule has 23 heavy (non-hydrogen) atoms. The standard InChI is InChI=1S/C20H35NO2/c1-13-4-5-16-15(8-11-21)17(7-10-19(13,16)2)20(3)9-6-14(22)12-18(20)23/h14-18,22-23H,1,4-12,21H2,2-3H3/t14-,15-,16-,17-,18-,19+,20+/m0/s1. The summed E-state index contributed by atoms with van der Waals surface area (Å²) >= 11 is 0. The topological polar surface area (TPSA) is 66.5 Å². The molecule has 7 atom stereocenters. The molecule has 3 aliphatic rings. The largest absolute Gasteiger partial charge is 0.393 e. The fraction of sp³-hybridized carbons (Fsp3) is 0.900. The van der Waals surface area contributed by atoms with Crippen LogP contribution in [0.2, 0.25) is 0 Å². The van der Waals surface area contributed by atoms with Crippen molar-refractivity contribution in [3.63, 3.8) is 0 Å².